The molecule has 0 saturated heterocycles. The highest BCUT2D eigenvalue weighted by Crippen LogP contribution is 2.30. The Hall–Kier alpha value is -3.63. The first-order chi connectivity index (χ1) is 16.2. The number of rotatable bonds is 5. The second-order valence-electron chi connectivity index (χ2n) is 7.08. The fourth-order valence-corrected chi connectivity index (χ4v) is 3.95. The summed E-state index contributed by atoms with van der Waals surface area (Å²) in [4.78, 5) is 12.6. The van der Waals surface area contributed by atoms with Crippen LogP contribution in [0.4, 0.5) is 19.1 Å². The number of nitrogens with two attached hydrogens (primary N) is 1. The summed E-state index contributed by atoms with van der Waals surface area (Å²) in [5, 5.41) is 15.4. The largest absolute Gasteiger partial charge is 0.507 e. The van der Waals surface area contributed by atoms with Crippen LogP contribution < -0.4 is 11.1 Å². The van der Waals surface area contributed by atoms with Gasteiger partial charge >= 0.3 is 6.18 Å². The van der Waals surface area contributed by atoms with E-state index in [2.05, 4.69) is 20.3 Å². The standard InChI is InChI=1S/C23H17ClF3N5OS/c24-14-8-9-16-15(11-14)20(13-5-2-1-3-6-13)31-22(29-16)32-21(28)30-19(23(25,26)27)12-17(33)18-7-4-10-34-18/h1-12,19,33H,(H3,28,29,30,31,32)/b17-12-. The van der Waals surface area contributed by atoms with Crippen LogP contribution >= 0.6 is 22.9 Å². The Kier molecular flexibility index (Phi) is 6.71. The Balaban J connectivity index is 1.71. The smallest absolute Gasteiger partial charge is 0.414 e. The summed E-state index contributed by atoms with van der Waals surface area (Å²) in [6.07, 6.45) is -4.19. The van der Waals surface area contributed by atoms with Crippen LogP contribution in [0.2, 0.25) is 5.02 Å². The van der Waals surface area contributed by atoms with E-state index in [1.807, 2.05) is 30.3 Å². The molecule has 0 bridgehead atoms. The van der Waals surface area contributed by atoms with Crippen LogP contribution in [0, 0.1) is 0 Å². The fourth-order valence-electron chi connectivity index (χ4n) is 3.13. The number of thiophene rings is 1. The van der Waals surface area contributed by atoms with E-state index in [1.54, 1.807) is 29.6 Å². The van der Waals surface area contributed by atoms with Gasteiger partial charge in [-0.1, -0.05) is 48.0 Å². The van der Waals surface area contributed by atoms with Crippen molar-refractivity contribution in [2.75, 3.05) is 5.32 Å². The topological polar surface area (TPSA) is 96.4 Å². The molecule has 2 heterocycles. The van der Waals surface area contributed by atoms with E-state index in [0.29, 0.717) is 27.7 Å². The van der Waals surface area contributed by atoms with Gasteiger partial charge < -0.3 is 10.8 Å². The Morgan fingerprint density at radius 2 is 1.88 bits per heavy atom. The number of hydrogen-bond acceptors (Lipinski definition) is 5. The highest BCUT2D eigenvalue weighted by atomic mass is 35.5. The lowest BCUT2D eigenvalue weighted by Gasteiger charge is -2.15. The number of benzene rings is 2. The molecular weight excluding hydrogens is 487 g/mol. The van der Waals surface area contributed by atoms with Crippen LogP contribution in [0.3, 0.4) is 0 Å². The second kappa shape index (κ2) is 9.70. The average molecular weight is 504 g/mol. The van der Waals surface area contributed by atoms with Crippen molar-refractivity contribution >= 4 is 51.5 Å². The number of alkyl halides is 3. The summed E-state index contributed by atoms with van der Waals surface area (Å²) in [6.45, 7) is 0. The van der Waals surface area contributed by atoms with Gasteiger partial charge in [0.15, 0.2) is 12.0 Å². The van der Waals surface area contributed by atoms with Crippen molar-refractivity contribution in [1.82, 2.24) is 9.97 Å². The molecule has 1 atom stereocenters. The van der Waals surface area contributed by atoms with E-state index in [9.17, 15) is 18.3 Å². The van der Waals surface area contributed by atoms with Gasteiger partial charge in [-0.15, -0.1) is 11.3 Å². The molecule has 0 spiro atoms. The van der Waals surface area contributed by atoms with E-state index >= 15 is 0 Å². The molecule has 0 aliphatic carbocycles. The van der Waals surface area contributed by atoms with Crippen molar-refractivity contribution in [3.05, 3.63) is 82.0 Å². The van der Waals surface area contributed by atoms with E-state index in [0.717, 1.165) is 16.9 Å². The lowest BCUT2D eigenvalue weighted by molar-refractivity contribution is -0.136. The second-order valence-corrected chi connectivity index (χ2v) is 8.46. The molecule has 34 heavy (non-hydrogen) atoms. The molecule has 0 amide bonds. The zero-order valence-corrected chi connectivity index (χ0v) is 18.9. The van der Waals surface area contributed by atoms with Crippen LogP contribution in [0.1, 0.15) is 4.88 Å². The third-order valence-corrected chi connectivity index (χ3v) is 5.78. The molecule has 0 fully saturated rings. The number of aliphatic hydroxyl groups is 1. The summed E-state index contributed by atoms with van der Waals surface area (Å²) in [7, 11) is 0. The summed E-state index contributed by atoms with van der Waals surface area (Å²) in [6, 6.07) is 14.9. The maximum absolute atomic E-state index is 13.6. The molecular formula is C23H17ClF3N5OS. The van der Waals surface area contributed by atoms with Crippen molar-refractivity contribution in [3.8, 4) is 11.3 Å². The van der Waals surface area contributed by atoms with Crippen LogP contribution in [0.5, 0.6) is 0 Å². The van der Waals surface area contributed by atoms with E-state index in [1.165, 1.54) is 6.07 Å². The number of halogens is 4. The Labute approximate surface area is 201 Å². The summed E-state index contributed by atoms with van der Waals surface area (Å²) >= 11 is 7.24. The van der Waals surface area contributed by atoms with Gasteiger partial charge in [-0.05, 0) is 35.7 Å². The first-order valence-electron chi connectivity index (χ1n) is 9.85. The number of hydrogen-bond donors (Lipinski definition) is 3. The molecule has 4 rings (SSSR count). The minimum atomic E-state index is -4.78. The lowest BCUT2D eigenvalue weighted by atomic mass is 10.1. The van der Waals surface area contributed by atoms with E-state index in [4.69, 9.17) is 17.3 Å². The van der Waals surface area contributed by atoms with Gasteiger partial charge in [0, 0.05) is 16.0 Å². The zero-order chi connectivity index (χ0) is 24.3. The molecule has 6 nitrogen and oxygen atoms in total. The van der Waals surface area contributed by atoms with Crippen molar-refractivity contribution in [1.29, 1.82) is 0 Å². The predicted molar refractivity (Wildman–Crippen MR) is 130 cm³/mol. The monoisotopic (exact) mass is 503 g/mol. The van der Waals surface area contributed by atoms with E-state index in [-0.39, 0.29) is 10.8 Å². The minimum absolute atomic E-state index is 0.0395. The highest BCUT2D eigenvalue weighted by molar-refractivity contribution is 7.11. The first kappa shape index (κ1) is 23.5. The lowest BCUT2D eigenvalue weighted by Crippen LogP contribution is -2.32. The average Bonchev–Trinajstić information content (AvgIpc) is 3.33. The third kappa shape index (κ3) is 5.46. The van der Waals surface area contributed by atoms with Crippen molar-refractivity contribution < 1.29 is 18.3 Å². The van der Waals surface area contributed by atoms with Crippen molar-refractivity contribution in [2.45, 2.75) is 12.2 Å². The first-order valence-corrected chi connectivity index (χ1v) is 11.1. The van der Waals surface area contributed by atoms with Crippen LogP contribution in [-0.4, -0.2) is 33.3 Å². The zero-order valence-electron chi connectivity index (χ0n) is 17.3. The predicted octanol–water partition coefficient (Wildman–Crippen LogP) is 6.27. The van der Waals surface area contributed by atoms with Crippen LogP contribution in [-0.2, 0) is 0 Å². The van der Waals surface area contributed by atoms with Crippen LogP contribution in [0.25, 0.3) is 27.9 Å². The molecule has 0 radical (unpaired) electrons. The Morgan fingerprint density at radius 1 is 1.12 bits per heavy atom. The number of aliphatic imine (C=N–C) groups is 1. The van der Waals surface area contributed by atoms with Gasteiger partial charge in [-0.25, -0.2) is 15.0 Å². The van der Waals surface area contributed by atoms with Crippen LogP contribution in [0.15, 0.2) is 77.1 Å². The highest BCUT2D eigenvalue weighted by Gasteiger charge is 2.39. The van der Waals surface area contributed by atoms with Gasteiger partial charge in [-0.3, -0.25) is 5.32 Å². The maximum Gasteiger partial charge on any atom is 0.414 e. The molecule has 11 heteroatoms. The van der Waals surface area contributed by atoms with Crippen molar-refractivity contribution in [3.63, 3.8) is 0 Å². The Morgan fingerprint density at radius 3 is 2.56 bits per heavy atom. The normalized spacial score (nSPS) is 13.8. The number of nitrogens with zero attached hydrogens (tertiary/aromatic N) is 3. The quantitative estimate of drug-likeness (QED) is 0.169. The van der Waals surface area contributed by atoms with Gasteiger partial charge in [0.1, 0.15) is 5.76 Å². The molecule has 2 aromatic carbocycles. The molecule has 4 aromatic rings. The molecule has 0 saturated carbocycles. The van der Waals surface area contributed by atoms with Gasteiger partial charge in [-0.2, -0.15) is 13.2 Å². The summed E-state index contributed by atoms with van der Waals surface area (Å²) in [5.74, 6) is -1.15. The number of fused-ring (bicyclic) bond motifs is 1. The van der Waals surface area contributed by atoms with E-state index < -0.39 is 23.9 Å². The molecule has 2 aromatic heterocycles. The minimum Gasteiger partial charge on any atom is -0.507 e. The van der Waals surface area contributed by atoms with Gasteiger partial charge in [0.2, 0.25) is 5.95 Å². The number of aromatic nitrogens is 2. The molecule has 4 N–H and O–H groups in total. The number of nitrogens with one attached hydrogen (secondary N) is 1. The molecule has 174 valence electrons. The number of anilines is 1. The molecule has 1 unspecified atom stereocenters. The third-order valence-electron chi connectivity index (χ3n) is 4.65. The Bertz CT molecular complexity index is 1360. The summed E-state index contributed by atoms with van der Waals surface area (Å²) in [5.41, 5.74) is 7.57. The summed E-state index contributed by atoms with van der Waals surface area (Å²) < 4.78 is 40.7. The number of aliphatic hydroxyl groups excluding tert-OH is 1. The SMILES string of the molecule is NC(=NC(/C=C(\O)c1cccs1)C(F)(F)F)Nc1nc(-c2ccccc2)c2cc(Cl)ccc2n1. The number of guanidine groups is 1. The molecule has 0 aliphatic rings. The van der Waals surface area contributed by atoms with Gasteiger partial charge in [0.25, 0.3) is 0 Å². The fraction of sp³-hybridized carbons (Fsp3) is 0.0870. The maximum atomic E-state index is 13.6. The van der Waals surface area contributed by atoms with Gasteiger partial charge in [0.05, 0.1) is 16.1 Å². The van der Waals surface area contributed by atoms with Crippen molar-refractivity contribution in [2.24, 2.45) is 10.7 Å². The molecule has 0 aliphatic heterocycles.